The molecule has 1 aliphatic rings. The van der Waals surface area contributed by atoms with Gasteiger partial charge < -0.3 is 9.64 Å². The van der Waals surface area contributed by atoms with Gasteiger partial charge in [-0.2, -0.15) is 4.31 Å². The van der Waals surface area contributed by atoms with E-state index in [0.717, 1.165) is 11.1 Å². The number of hydrogen-bond donors (Lipinski definition) is 0. The second-order valence-corrected chi connectivity index (χ2v) is 11.4. The van der Waals surface area contributed by atoms with Crippen LogP contribution < -0.4 is 0 Å². The van der Waals surface area contributed by atoms with Crippen molar-refractivity contribution >= 4 is 45.0 Å². The summed E-state index contributed by atoms with van der Waals surface area (Å²) in [4.78, 5) is 30.5. The second kappa shape index (κ2) is 10.8. The molecule has 1 amide bonds. The van der Waals surface area contributed by atoms with Gasteiger partial charge in [-0.25, -0.2) is 13.4 Å². The molecule has 1 aliphatic heterocycles. The van der Waals surface area contributed by atoms with E-state index in [0.29, 0.717) is 34.6 Å². The van der Waals surface area contributed by atoms with Crippen molar-refractivity contribution in [2.24, 2.45) is 0 Å². The van der Waals surface area contributed by atoms with Crippen LogP contribution in [0.3, 0.4) is 0 Å². The minimum atomic E-state index is -3.57. The van der Waals surface area contributed by atoms with Crippen molar-refractivity contribution < 1.29 is 22.7 Å². The SMILES string of the molecule is CCOC(=O)Cc1csc(SCC(=O)N2CCN(S(=O)(=O)c3ccc(C)c(C)c3)CC2)n1. The number of nitrogens with zero attached hydrogens (tertiary/aromatic N) is 3. The summed E-state index contributed by atoms with van der Waals surface area (Å²) >= 11 is 2.71. The van der Waals surface area contributed by atoms with Crippen LogP contribution in [0.15, 0.2) is 32.8 Å². The van der Waals surface area contributed by atoms with Gasteiger partial charge in [0, 0.05) is 31.6 Å². The van der Waals surface area contributed by atoms with Gasteiger partial charge in [-0.1, -0.05) is 17.8 Å². The first-order valence-electron chi connectivity index (χ1n) is 10.3. The molecule has 0 atom stereocenters. The molecule has 1 saturated heterocycles. The summed E-state index contributed by atoms with van der Waals surface area (Å²) in [6, 6.07) is 5.15. The van der Waals surface area contributed by atoms with Crippen LogP contribution in [0, 0.1) is 13.8 Å². The Bertz CT molecular complexity index is 1080. The van der Waals surface area contributed by atoms with E-state index >= 15 is 0 Å². The molecule has 0 aliphatic carbocycles. The van der Waals surface area contributed by atoms with Crippen LogP contribution in [0.1, 0.15) is 23.7 Å². The Hall–Kier alpha value is -1.95. The Balaban J connectivity index is 1.50. The first kappa shape index (κ1) is 24.7. The Morgan fingerprint density at radius 3 is 2.53 bits per heavy atom. The number of esters is 1. The van der Waals surface area contributed by atoms with Crippen molar-refractivity contribution in [1.82, 2.24) is 14.2 Å². The number of carbonyl (C=O) groups is 2. The average Bonchev–Trinajstić information content (AvgIpc) is 3.21. The van der Waals surface area contributed by atoms with E-state index in [4.69, 9.17) is 4.74 Å². The van der Waals surface area contributed by atoms with Crippen LogP contribution in [0.5, 0.6) is 0 Å². The standard InChI is InChI=1S/C21H27N3O5S3/c1-4-29-20(26)12-17-13-30-21(22-17)31-14-19(25)23-7-9-24(10-8-23)32(27,28)18-6-5-15(2)16(3)11-18/h5-6,11,13H,4,7-10,12,14H2,1-3H3. The zero-order chi connectivity index (χ0) is 23.3. The maximum atomic E-state index is 12.9. The normalized spacial score (nSPS) is 15.0. The lowest BCUT2D eigenvalue weighted by Gasteiger charge is -2.34. The summed E-state index contributed by atoms with van der Waals surface area (Å²) in [7, 11) is -3.57. The molecular weight excluding hydrogens is 470 g/mol. The number of aryl methyl sites for hydroxylation is 2. The van der Waals surface area contributed by atoms with Crippen molar-refractivity contribution in [3.8, 4) is 0 Å². The van der Waals surface area contributed by atoms with Crippen molar-refractivity contribution in [2.45, 2.75) is 36.4 Å². The number of thioether (sulfide) groups is 1. The molecule has 1 aromatic carbocycles. The number of benzene rings is 1. The number of hydrogen-bond acceptors (Lipinski definition) is 8. The molecular formula is C21H27N3O5S3. The molecule has 174 valence electrons. The van der Waals surface area contributed by atoms with Crippen LogP contribution in [-0.2, 0) is 30.8 Å². The maximum absolute atomic E-state index is 12.9. The number of amides is 1. The number of rotatable bonds is 8. The molecule has 0 radical (unpaired) electrons. The Labute approximate surface area is 197 Å². The molecule has 11 heteroatoms. The van der Waals surface area contributed by atoms with Gasteiger partial charge in [-0.05, 0) is 44.0 Å². The predicted molar refractivity (Wildman–Crippen MR) is 124 cm³/mol. The number of carbonyl (C=O) groups excluding carboxylic acids is 2. The number of ether oxygens (including phenoxy) is 1. The Morgan fingerprint density at radius 2 is 1.88 bits per heavy atom. The fraction of sp³-hybridized carbons (Fsp3) is 0.476. The molecule has 1 fully saturated rings. The van der Waals surface area contributed by atoms with E-state index in [1.54, 1.807) is 29.3 Å². The zero-order valence-electron chi connectivity index (χ0n) is 18.4. The molecule has 2 heterocycles. The number of thiazole rings is 1. The van der Waals surface area contributed by atoms with E-state index in [9.17, 15) is 18.0 Å². The molecule has 0 N–H and O–H groups in total. The molecule has 0 unspecified atom stereocenters. The topological polar surface area (TPSA) is 96.9 Å². The van der Waals surface area contributed by atoms with E-state index in [1.165, 1.54) is 27.4 Å². The highest BCUT2D eigenvalue weighted by Crippen LogP contribution is 2.24. The molecule has 8 nitrogen and oxygen atoms in total. The van der Waals surface area contributed by atoms with Crippen LogP contribution in [0.2, 0.25) is 0 Å². The van der Waals surface area contributed by atoms with Crippen LogP contribution in [0.25, 0.3) is 0 Å². The summed E-state index contributed by atoms with van der Waals surface area (Å²) in [5.74, 6) is -0.157. The molecule has 0 bridgehead atoms. The summed E-state index contributed by atoms with van der Waals surface area (Å²) in [6.07, 6.45) is 0.121. The summed E-state index contributed by atoms with van der Waals surface area (Å²) in [5, 5.41) is 1.79. The molecule has 0 spiro atoms. The van der Waals surface area contributed by atoms with Crippen molar-refractivity contribution in [3.05, 3.63) is 40.4 Å². The number of aromatic nitrogens is 1. The van der Waals surface area contributed by atoms with Crippen molar-refractivity contribution in [1.29, 1.82) is 0 Å². The van der Waals surface area contributed by atoms with Gasteiger partial charge in [0.1, 0.15) is 0 Å². The van der Waals surface area contributed by atoms with E-state index in [1.807, 2.05) is 19.9 Å². The van der Waals surface area contributed by atoms with Crippen LogP contribution in [0.4, 0.5) is 0 Å². The summed E-state index contributed by atoms with van der Waals surface area (Å²) in [6.45, 7) is 7.18. The van der Waals surface area contributed by atoms with E-state index < -0.39 is 10.0 Å². The summed E-state index contributed by atoms with van der Waals surface area (Å²) < 4.78 is 32.9. The predicted octanol–water partition coefficient (Wildman–Crippen LogP) is 2.49. The number of piperazine rings is 1. The highest BCUT2D eigenvalue weighted by molar-refractivity contribution is 8.01. The average molecular weight is 498 g/mol. The third-order valence-corrected chi connectivity index (χ3v) is 9.14. The van der Waals surface area contributed by atoms with Gasteiger partial charge in [0.05, 0.1) is 29.4 Å². The summed E-state index contributed by atoms with van der Waals surface area (Å²) in [5.41, 5.74) is 2.61. The lowest BCUT2D eigenvalue weighted by molar-refractivity contribution is -0.142. The Morgan fingerprint density at radius 1 is 1.16 bits per heavy atom. The maximum Gasteiger partial charge on any atom is 0.311 e. The largest absolute Gasteiger partial charge is 0.466 e. The van der Waals surface area contributed by atoms with Gasteiger partial charge in [0.2, 0.25) is 15.9 Å². The third-order valence-electron chi connectivity index (χ3n) is 5.19. The van der Waals surface area contributed by atoms with Crippen LogP contribution in [-0.4, -0.2) is 73.0 Å². The highest BCUT2D eigenvalue weighted by Gasteiger charge is 2.30. The first-order valence-corrected chi connectivity index (χ1v) is 13.6. The zero-order valence-corrected chi connectivity index (χ0v) is 20.8. The molecule has 0 saturated carbocycles. The fourth-order valence-corrected chi connectivity index (χ4v) is 6.47. The minimum absolute atomic E-state index is 0.0552. The lowest BCUT2D eigenvalue weighted by Crippen LogP contribution is -2.50. The Kier molecular flexibility index (Phi) is 8.32. The fourth-order valence-electron chi connectivity index (χ4n) is 3.21. The quantitative estimate of drug-likeness (QED) is 0.408. The van der Waals surface area contributed by atoms with Crippen molar-refractivity contribution in [3.63, 3.8) is 0 Å². The van der Waals surface area contributed by atoms with Crippen LogP contribution >= 0.6 is 23.1 Å². The van der Waals surface area contributed by atoms with Gasteiger partial charge in [-0.3, -0.25) is 9.59 Å². The smallest absolute Gasteiger partial charge is 0.311 e. The van der Waals surface area contributed by atoms with E-state index in [-0.39, 0.29) is 37.1 Å². The molecule has 1 aromatic heterocycles. The van der Waals surface area contributed by atoms with Gasteiger partial charge >= 0.3 is 5.97 Å². The van der Waals surface area contributed by atoms with Gasteiger partial charge in [0.25, 0.3) is 0 Å². The van der Waals surface area contributed by atoms with Gasteiger partial charge in [0.15, 0.2) is 4.34 Å². The molecule has 3 rings (SSSR count). The van der Waals surface area contributed by atoms with E-state index in [2.05, 4.69) is 4.98 Å². The van der Waals surface area contributed by atoms with Gasteiger partial charge in [-0.15, -0.1) is 11.3 Å². The first-order chi connectivity index (χ1) is 15.2. The monoisotopic (exact) mass is 497 g/mol. The number of sulfonamides is 1. The molecule has 32 heavy (non-hydrogen) atoms. The second-order valence-electron chi connectivity index (χ2n) is 7.41. The van der Waals surface area contributed by atoms with Crippen molar-refractivity contribution in [2.75, 3.05) is 38.5 Å². The minimum Gasteiger partial charge on any atom is -0.466 e. The molecule has 2 aromatic rings. The lowest BCUT2D eigenvalue weighted by atomic mass is 10.1. The third kappa shape index (κ3) is 6.09. The highest BCUT2D eigenvalue weighted by atomic mass is 32.2.